The molecule has 0 saturated carbocycles. The average Bonchev–Trinajstić information content (AvgIpc) is 2.54. The second-order valence-electron chi connectivity index (χ2n) is 6.84. The van der Waals surface area contributed by atoms with Crippen molar-refractivity contribution in [2.45, 2.75) is 98.5 Å². The Morgan fingerprint density at radius 2 is 1.27 bits per heavy atom. The third-order valence-electron chi connectivity index (χ3n) is 4.73. The van der Waals surface area contributed by atoms with Crippen LogP contribution in [-0.2, 0) is 9.47 Å². The molecule has 0 aromatic rings. The number of hydrogen-bond donors (Lipinski definition) is 0. The van der Waals surface area contributed by atoms with Crippen molar-refractivity contribution < 1.29 is 9.47 Å². The van der Waals surface area contributed by atoms with E-state index < -0.39 is 0 Å². The highest BCUT2D eigenvalue weighted by Gasteiger charge is 2.10. The summed E-state index contributed by atoms with van der Waals surface area (Å²) in [6, 6.07) is 0. The molecule has 0 amide bonds. The van der Waals surface area contributed by atoms with E-state index in [0.29, 0.717) is 6.10 Å². The summed E-state index contributed by atoms with van der Waals surface area (Å²) in [6.45, 7) is 14.0. The topological polar surface area (TPSA) is 18.5 Å². The molecule has 3 atom stereocenters. The maximum absolute atomic E-state index is 6.01. The molecule has 0 aromatic carbocycles. The SMILES string of the molecule is CCCCC(CC)COCCC(C)OCC(CC)CCCC. The Balaban J connectivity index is 3.64. The molecule has 0 saturated heterocycles. The van der Waals surface area contributed by atoms with Gasteiger partial charge in [0, 0.05) is 19.8 Å². The van der Waals surface area contributed by atoms with Crippen molar-refractivity contribution in [3.8, 4) is 0 Å². The van der Waals surface area contributed by atoms with Crippen LogP contribution in [0, 0.1) is 11.8 Å². The summed E-state index contributed by atoms with van der Waals surface area (Å²) in [4.78, 5) is 0. The second-order valence-corrected chi connectivity index (χ2v) is 6.84. The van der Waals surface area contributed by atoms with Gasteiger partial charge in [0.1, 0.15) is 0 Å². The molecular formula is C20H42O2. The molecular weight excluding hydrogens is 272 g/mol. The number of ether oxygens (including phenoxy) is 2. The zero-order chi connectivity index (χ0) is 16.6. The molecule has 0 aliphatic carbocycles. The summed E-state index contributed by atoms with van der Waals surface area (Å²) in [5.41, 5.74) is 0. The Kier molecular flexibility index (Phi) is 15.7. The third kappa shape index (κ3) is 12.5. The molecule has 0 aromatic heterocycles. The van der Waals surface area contributed by atoms with Crippen molar-refractivity contribution in [2.24, 2.45) is 11.8 Å². The van der Waals surface area contributed by atoms with Crippen LogP contribution in [0.2, 0.25) is 0 Å². The van der Waals surface area contributed by atoms with Crippen LogP contribution in [0.3, 0.4) is 0 Å². The van der Waals surface area contributed by atoms with Gasteiger partial charge in [-0.25, -0.2) is 0 Å². The molecule has 0 N–H and O–H groups in total. The predicted octanol–water partition coefficient (Wildman–Crippen LogP) is 6.23. The van der Waals surface area contributed by atoms with Gasteiger partial charge >= 0.3 is 0 Å². The first kappa shape index (κ1) is 21.9. The fourth-order valence-corrected chi connectivity index (χ4v) is 2.68. The minimum Gasteiger partial charge on any atom is -0.381 e. The van der Waals surface area contributed by atoms with E-state index in [0.717, 1.165) is 38.1 Å². The molecule has 2 nitrogen and oxygen atoms in total. The van der Waals surface area contributed by atoms with Gasteiger partial charge in [-0.05, 0) is 38.0 Å². The van der Waals surface area contributed by atoms with Crippen LogP contribution in [0.4, 0.5) is 0 Å². The van der Waals surface area contributed by atoms with E-state index in [9.17, 15) is 0 Å². The van der Waals surface area contributed by atoms with E-state index >= 15 is 0 Å². The molecule has 0 heterocycles. The average molecular weight is 315 g/mol. The fraction of sp³-hybridized carbons (Fsp3) is 1.00. The van der Waals surface area contributed by atoms with Crippen molar-refractivity contribution in [3.05, 3.63) is 0 Å². The van der Waals surface area contributed by atoms with Crippen molar-refractivity contribution in [1.29, 1.82) is 0 Å². The van der Waals surface area contributed by atoms with E-state index in [1.807, 2.05) is 0 Å². The Hall–Kier alpha value is -0.0800. The number of unbranched alkanes of at least 4 members (excludes halogenated alkanes) is 2. The van der Waals surface area contributed by atoms with E-state index in [-0.39, 0.29) is 0 Å². The van der Waals surface area contributed by atoms with Crippen LogP contribution in [-0.4, -0.2) is 25.9 Å². The molecule has 22 heavy (non-hydrogen) atoms. The Morgan fingerprint density at radius 3 is 1.77 bits per heavy atom. The number of hydrogen-bond acceptors (Lipinski definition) is 2. The number of rotatable bonds is 16. The van der Waals surface area contributed by atoms with Gasteiger partial charge in [0.2, 0.25) is 0 Å². The first-order chi connectivity index (χ1) is 10.7. The van der Waals surface area contributed by atoms with Gasteiger partial charge in [0.15, 0.2) is 0 Å². The minimum absolute atomic E-state index is 0.325. The molecule has 134 valence electrons. The first-order valence-corrected chi connectivity index (χ1v) is 9.87. The lowest BCUT2D eigenvalue weighted by Crippen LogP contribution is -2.18. The molecule has 0 aliphatic rings. The highest BCUT2D eigenvalue weighted by molar-refractivity contribution is 4.59. The van der Waals surface area contributed by atoms with Crippen LogP contribution in [0.15, 0.2) is 0 Å². The highest BCUT2D eigenvalue weighted by Crippen LogP contribution is 2.15. The van der Waals surface area contributed by atoms with Crippen molar-refractivity contribution in [2.75, 3.05) is 19.8 Å². The molecule has 0 radical (unpaired) electrons. The van der Waals surface area contributed by atoms with E-state index in [4.69, 9.17) is 9.47 Å². The zero-order valence-corrected chi connectivity index (χ0v) is 16.0. The fourth-order valence-electron chi connectivity index (χ4n) is 2.68. The summed E-state index contributed by atoms with van der Waals surface area (Å²) in [6.07, 6.45) is 11.7. The molecule has 0 rings (SSSR count). The van der Waals surface area contributed by atoms with Gasteiger partial charge in [-0.3, -0.25) is 0 Å². The largest absolute Gasteiger partial charge is 0.381 e. The maximum atomic E-state index is 6.01. The minimum atomic E-state index is 0.325. The summed E-state index contributed by atoms with van der Waals surface area (Å²) >= 11 is 0. The third-order valence-corrected chi connectivity index (χ3v) is 4.73. The van der Waals surface area contributed by atoms with Crippen LogP contribution in [0.25, 0.3) is 0 Å². The van der Waals surface area contributed by atoms with Crippen LogP contribution in [0.1, 0.15) is 92.4 Å². The van der Waals surface area contributed by atoms with Crippen molar-refractivity contribution >= 4 is 0 Å². The zero-order valence-electron chi connectivity index (χ0n) is 16.0. The highest BCUT2D eigenvalue weighted by atomic mass is 16.5. The molecule has 0 fully saturated rings. The van der Waals surface area contributed by atoms with Gasteiger partial charge in [0.05, 0.1) is 6.10 Å². The van der Waals surface area contributed by atoms with Gasteiger partial charge in [0.25, 0.3) is 0 Å². The summed E-state index contributed by atoms with van der Waals surface area (Å²) in [7, 11) is 0. The monoisotopic (exact) mass is 314 g/mol. The van der Waals surface area contributed by atoms with E-state index in [1.165, 1.54) is 51.4 Å². The molecule has 0 aliphatic heterocycles. The summed E-state index contributed by atoms with van der Waals surface area (Å²) < 4.78 is 11.9. The van der Waals surface area contributed by atoms with Gasteiger partial charge in [-0.2, -0.15) is 0 Å². The second kappa shape index (κ2) is 15.8. The predicted molar refractivity (Wildman–Crippen MR) is 97.5 cm³/mol. The standard InChI is InChI=1S/C20H42O2/c1-6-10-12-19(8-3)16-21-15-14-18(5)22-17-20(9-4)13-11-7-2/h18-20H,6-17H2,1-5H3. The lowest BCUT2D eigenvalue weighted by atomic mass is 10.0. The Labute approximate surface area is 140 Å². The lowest BCUT2D eigenvalue weighted by molar-refractivity contribution is 0.00630. The Morgan fingerprint density at radius 1 is 0.727 bits per heavy atom. The van der Waals surface area contributed by atoms with E-state index in [2.05, 4.69) is 34.6 Å². The van der Waals surface area contributed by atoms with Crippen LogP contribution in [0.5, 0.6) is 0 Å². The maximum Gasteiger partial charge on any atom is 0.0569 e. The lowest BCUT2D eigenvalue weighted by Gasteiger charge is -2.20. The molecule has 2 heteroatoms. The quantitative estimate of drug-likeness (QED) is 0.314. The molecule has 0 spiro atoms. The summed E-state index contributed by atoms with van der Waals surface area (Å²) in [5, 5.41) is 0. The Bertz CT molecular complexity index is 218. The first-order valence-electron chi connectivity index (χ1n) is 9.87. The van der Waals surface area contributed by atoms with Crippen LogP contribution >= 0.6 is 0 Å². The normalized spacial score (nSPS) is 15.7. The summed E-state index contributed by atoms with van der Waals surface area (Å²) in [5.74, 6) is 1.48. The van der Waals surface area contributed by atoms with E-state index in [1.54, 1.807) is 0 Å². The van der Waals surface area contributed by atoms with Gasteiger partial charge in [-0.1, -0.05) is 66.2 Å². The van der Waals surface area contributed by atoms with Gasteiger partial charge in [-0.15, -0.1) is 0 Å². The van der Waals surface area contributed by atoms with Gasteiger partial charge < -0.3 is 9.47 Å². The van der Waals surface area contributed by atoms with Crippen molar-refractivity contribution in [1.82, 2.24) is 0 Å². The molecule has 0 bridgehead atoms. The molecule has 3 unspecified atom stereocenters. The smallest absolute Gasteiger partial charge is 0.0569 e. The van der Waals surface area contributed by atoms with Crippen LogP contribution < -0.4 is 0 Å². The van der Waals surface area contributed by atoms with Crippen molar-refractivity contribution in [3.63, 3.8) is 0 Å².